The molecule has 80 valence electrons. The van der Waals surface area contributed by atoms with Crippen molar-refractivity contribution in [1.82, 2.24) is 4.37 Å². The number of nitrogens with one attached hydrogen (secondary N) is 1. The molecule has 0 atom stereocenters. The second-order valence-electron chi connectivity index (χ2n) is 2.70. The average Bonchev–Trinajstić information content (AvgIpc) is 2.54. The van der Waals surface area contributed by atoms with Crippen molar-refractivity contribution in [3.05, 3.63) is 0 Å². The molecular weight excluding hydrogens is 218 g/mol. The van der Waals surface area contributed by atoms with Gasteiger partial charge < -0.3 is 15.8 Å². The summed E-state index contributed by atoms with van der Waals surface area (Å²) in [7, 11) is 1.71. The van der Waals surface area contributed by atoms with Crippen molar-refractivity contribution in [3.8, 4) is 0 Å². The van der Waals surface area contributed by atoms with Gasteiger partial charge in [0.05, 0.1) is 4.90 Å². The molecule has 14 heavy (non-hydrogen) atoms. The van der Waals surface area contributed by atoms with Gasteiger partial charge in [-0.1, -0.05) is 0 Å². The fraction of sp³-hybridized carbons (Fsp3) is 0.625. The van der Waals surface area contributed by atoms with Gasteiger partial charge in [-0.2, -0.15) is 4.37 Å². The highest BCUT2D eigenvalue weighted by Gasteiger charge is 2.08. The molecule has 6 heteroatoms. The van der Waals surface area contributed by atoms with E-state index in [0.29, 0.717) is 5.82 Å². The molecule has 1 aromatic rings. The summed E-state index contributed by atoms with van der Waals surface area (Å²) in [6.07, 6.45) is 2.99. The minimum atomic E-state index is 0.622. The lowest BCUT2D eigenvalue weighted by molar-refractivity contribution is 0.198. The van der Waals surface area contributed by atoms with E-state index in [1.165, 1.54) is 11.5 Å². The van der Waals surface area contributed by atoms with Crippen LogP contribution in [0.2, 0.25) is 0 Å². The third-order valence-corrected chi connectivity index (χ3v) is 3.46. The molecule has 0 bridgehead atoms. The Balaban J connectivity index is 2.42. The highest BCUT2D eigenvalue weighted by Crippen LogP contribution is 2.34. The number of hydrogen-bond acceptors (Lipinski definition) is 6. The lowest BCUT2D eigenvalue weighted by atomic mass is 10.4. The number of rotatable bonds is 6. The number of methoxy groups -OCH3 is 1. The van der Waals surface area contributed by atoms with Gasteiger partial charge >= 0.3 is 0 Å². The lowest BCUT2D eigenvalue weighted by Crippen LogP contribution is -2.04. The fourth-order valence-electron chi connectivity index (χ4n) is 1.02. The number of nitrogens with zero attached hydrogens (tertiary/aromatic N) is 1. The van der Waals surface area contributed by atoms with Crippen LogP contribution in [-0.4, -0.2) is 30.9 Å². The van der Waals surface area contributed by atoms with E-state index in [4.69, 9.17) is 10.5 Å². The maximum absolute atomic E-state index is 5.70. The number of nitrogen functional groups attached to an aromatic ring is 1. The van der Waals surface area contributed by atoms with E-state index in [-0.39, 0.29) is 0 Å². The van der Waals surface area contributed by atoms with Gasteiger partial charge in [0.2, 0.25) is 0 Å². The van der Waals surface area contributed by atoms with E-state index in [0.717, 1.165) is 29.5 Å². The standard InChI is InChI=1S/C8H15N3OS2/c1-12-5-3-4-10-8-6(13-2)7(9)11-14-8/h10H,3-5H2,1-2H3,(H2,9,11). The van der Waals surface area contributed by atoms with Crippen molar-refractivity contribution in [3.63, 3.8) is 0 Å². The van der Waals surface area contributed by atoms with Crippen LogP contribution in [0.15, 0.2) is 4.90 Å². The summed E-state index contributed by atoms with van der Waals surface area (Å²) in [6.45, 7) is 1.67. The number of thioether (sulfide) groups is 1. The van der Waals surface area contributed by atoms with E-state index in [9.17, 15) is 0 Å². The molecular formula is C8H15N3OS2. The molecule has 4 nitrogen and oxygen atoms in total. The molecule has 0 unspecified atom stereocenters. The van der Waals surface area contributed by atoms with Crippen molar-refractivity contribution in [1.29, 1.82) is 0 Å². The molecule has 0 saturated heterocycles. The summed E-state index contributed by atoms with van der Waals surface area (Å²) >= 11 is 3.03. The zero-order chi connectivity index (χ0) is 10.4. The Morgan fingerprint density at radius 2 is 2.43 bits per heavy atom. The number of nitrogens with two attached hydrogens (primary N) is 1. The smallest absolute Gasteiger partial charge is 0.153 e. The van der Waals surface area contributed by atoms with E-state index in [1.807, 2.05) is 6.26 Å². The van der Waals surface area contributed by atoms with Gasteiger partial charge in [-0.25, -0.2) is 0 Å². The minimum Gasteiger partial charge on any atom is -0.385 e. The van der Waals surface area contributed by atoms with Crippen LogP contribution in [0.3, 0.4) is 0 Å². The lowest BCUT2D eigenvalue weighted by Gasteiger charge is -2.04. The van der Waals surface area contributed by atoms with Gasteiger partial charge in [0.25, 0.3) is 0 Å². The summed E-state index contributed by atoms with van der Waals surface area (Å²) in [6, 6.07) is 0. The predicted octanol–water partition coefficient (Wildman–Crippen LogP) is 1.90. The predicted molar refractivity (Wildman–Crippen MR) is 63.3 cm³/mol. The maximum atomic E-state index is 5.70. The van der Waals surface area contributed by atoms with Crippen molar-refractivity contribution < 1.29 is 4.74 Å². The van der Waals surface area contributed by atoms with Crippen molar-refractivity contribution in [2.45, 2.75) is 11.3 Å². The first-order chi connectivity index (χ1) is 6.79. The highest BCUT2D eigenvalue weighted by atomic mass is 32.2. The summed E-state index contributed by atoms with van der Waals surface area (Å²) in [4.78, 5) is 1.05. The van der Waals surface area contributed by atoms with Gasteiger partial charge in [-0.15, -0.1) is 11.8 Å². The molecule has 0 fully saturated rings. The SMILES string of the molecule is COCCCNc1snc(N)c1SC. The largest absolute Gasteiger partial charge is 0.385 e. The molecule has 3 N–H and O–H groups in total. The second-order valence-corrected chi connectivity index (χ2v) is 4.29. The molecule has 0 saturated carbocycles. The topological polar surface area (TPSA) is 60.2 Å². The molecule has 1 heterocycles. The highest BCUT2D eigenvalue weighted by molar-refractivity contribution is 7.99. The van der Waals surface area contributed by atoms with E-state index in [2.05, 4.69) is 9.69 Å². The monoisotopic (exact) mass is 233 g/mol. The van der Waals surface area contributed by atoms with Crippen LogP contribution >= 0.6 is 23.3 Å². The van der Waals surface area contributed by atoms with Gasteiger partial charge in [0.15, 0.2) is 5.82 Å². The van der Waals surface area contributed by atoms with Crippen molar-refractivity contribution in [2.24, 2.45) is 0 Å². The maximum Gasteiger partial charge on any atom is 0.153 e. The van der Waals surface area contributed by atoms with Crippen LogP contribution in [0.4, 0.5) is 10.8 Å². The van der Waals surface area contributed by atoms with Crippen LogP contribution in [0, 0.1) is 0 Å². The molecule has 0 amide bonds. The van der Waals surface area contributed by atoms with Crippen LogP contribution in [0.25, 0.3) is 0 Å². The molecule has 0 aliphatic heterocycles. The summed E-state index contributed by atoms with van der Waals surface area (Å²) in [5, 5.41) is 4.36. The number of ether oxygens (including phenoxy) is 1. The third kappa shape index (κ3) is 3.04. The molecule has 1 aromatic heterocycles. The number of anilines is 2. The van der Waals surface area contributed by atoms with Gasteiger partial charge in [0.1, 0.15) is 5.00 Å². The average molecular weight is 233 g/mol. The normalized spacial score (nSPS) is 10.4. The Hall–Kier alpha value is -0.460. The van der Waals surface area contributed by atoms with Crippen LogP contribution in [-0.2, 0) is 4.74 Å². The molecule has 1 rings (SSSR count). The Morgan fingerprint density at radius 1 is 1.64 bits per heavy atom. The first-order valence-electron chi connectivity index (χ1n) is 4.31. The molecule has 0 aromatic carbocycles. The third-order valence-electron chi connectivity index (χ3n) is 1.69. The molecule has 0 aliphatic carbocycles. The van der Waals surface area contributed by atoms with Crippen molar-refractivity contribution in [2.75, 3.05) is 37.6 Å². The van der Waals surface area contributed by atoms with E-state index in [1.54, 1.807) is 18.9 Å². The Bertz CT molecular complexity index is 278. The van der Waals surface area contributed by atoms with E-state index >= 15 is 0 Å². The minimum absolute atomic E-state index is 0.622. The zero-order valence-electron chi connectivity index (χ0n) is 8.37. The summed E-state index contributed by atoms with van der Waals surface area (Å²) in [5.74, 6) is 0.622. The zero-order valence-corrected chi connectivity index (χ0v) is 10.0. The Morgan fingerprint density at radius 3 is 3.07 bits per heavy atom. The fourth-order valence-corrected chi connectivity index (χ4v) is 2.59. The van der Waals surface area contributed by atoms with Crippen LogP contribution in [0.1, 0.15) is 6.42 Å². The quantitative estimate of drug-likeness (QED) is 0.580. The Kier molecular flexibility index (Phi) is 5.06. The summed E-state index contributed by atoms with van der Waals surface area (Å²) in [5.41, 5.74) is 5.70. The number of aromatic nitrogens is 1. The van der Waals surface area contributed by atoms with Gasteiger partial charge in [0, 0.05) is 20.3 Å². The van der Waals surface area contributed by atoms with Gasteiger partial charge in [-0.05, 0) is 24.2 Å². The second kappa shape index (κ2) is 6.10. The number of hydrogen-bond donors (Lipinski definition) is 2. The van der Waals surface area contributed by atoms with Crippen LogP contribution in [0.5, 0.6) is 0 Å². The molecule has 0 aliphatic rings. The van der Waals surface area contributed by atoms with Gasteiger partial charge in [-0.3, -0.25) is 0 Å². The first-order valence-corrected chi connectivity index (χ1v) is 6.31. The molecule has 0 spiro atoms. The summed E-state index contributed by atoms with van der Waals surface area (Å²) < 4.78 is 9.05. The van der Waals surface area contributed by atoms with Crippen molar-refractivity contribution >= 4 is 34.1 Å². The first kappa shape index (κ1) is 11.6. The van der Waals surface area contributed by atoms with Crippen LogP contribution < -0.4 is 11.1 Å². The molecule has 0 radical (unpaired) electrons. The van der Waals surface area contributed by atoms with E-state index < -0.39 is 0 Å². The Labute approximate surface area is 92.4 Å².